The van der Waals surface area contributed by atoms with Crippen molar-refractivity contribution >= 4 is 0 Å². The maximum Gasteiger partial charge on any atom is 0 e. The van der Waals surface area contributed by atoms with Crippen LogP contribution in [0.25, 0.3) is 0 Å². The zero-order valence-electron chi connectivity index (χ0n) is 3.41. The zero-order valence-corrected chi connectivity index (χ0v) is 6.34. The Morgan fingerprint density at radius 2 is 0.286 bits per heavy atom. The Hall–Kier alpha value is 0.448. The molecule has 0 saturated heterocycles. The van der Waals surface area contributed by atoms with Crippen LogP contribution < -0.4 is 0 Å². The first kappa shape index (κ1) is 1540. The molecule has 0 aromatic heterocycles. The van der Waals surface area contributed by atoms with E-state index in [1.807, 2.05) is 0 Å². The fraction of sp³-hybridized carbons (Fsp3) is 0. The number of hydrogen-bond donors (Lipinski definition) is 0. The van der Waals surface area contributed by atoms with Gasteiger partial charge >= 0.3 is 0 Å². The van der Waals surface area contributed by atoms with Crippen molar-refractivity contribution in [2.45, 2.75) is 0 Å². The van der Waals surface area contributed by atoms with Gasteiger partial charge in [0, 0.05) is 21.1 Å². The molecule has 12 N–H and O–H groups in total. The summed E-state index contributed by atoms with van der Waals surface area (Å²) in [6.45, 7) is 0. The van der Waals surface area contributed by atoms with E-state index in [1.165, 1.54) is 0 Å². The normalized spacial score (nSPS) is 0. The molecule has 0 spiro atoms. The van der Waals surface area contributed by atoms with Gasteiger partial charge in [-0.2, -0.15) is 0 Å². The largest absolute Gasteiger partial charge is 0.412 e. The Morgan fingerprint density at radius 3 is 0.286 bits per heavy atom. The zero-order chi connectivity index (χ0) is 0. The molecule has 0 fully saturated rings. The minimum atomic E-state index is 0. The van der Waals surface area contributed by atoms with Crippen LogP contribution in [-0.2, 0) is 21.1 Å². The minimum absolute atomic E-state index is 0. The average Bonchev–Trinajstić information content (AvgIpc) is 0. The Morgan fingerprint density at radius 1 is 0.286 bits per heavy atom. The summed E-state index contributed by atoms with van der Waals surface area (Å²) in [5, 5.41) is 0. The van der Waals surface area contributed by atoms with Crippen LogP contribution in [0.3, 0.4) is 0 Å². The summed E-state index contributed by atoms with van der Waals surface area (Å²) in [6.07, 6.45) is 0. The molecule has 0 unspecified atom stereocenters. The van der Waals surface area contributed by atoms with Gasteiger partial charge in [-0.25, -0.2) is 0 Å². The molecule has 0 heterocycles. The first-order chi connectivity index (χ1) is 0. The third kappa shape index (κ3) is 635. The molecule has 0 aromatic carbocycles. The molecule has 7 heavy (non-hydrogen) atoms. The number of hydrogen-bond acceptors (Lipinski definition) is 0. The molecule has 0 aliphatic rings. The SMILES string of the molecule is O.O.O.O.O.O.[W]. The molecule has 0 aliphatic carbocycles. The van der Waals surface area contributed by atoms with Gasteiger partial charge in [0.05, 0.1) is 0 Å². The molecule has 0 aliphatic heterocycles. The third-order valence-corrected chi connectivity index (χ3v) is 0. The molecule has 54 valence electrons. The summed E-state index contributed by atoms with van der Waals surface area (Å²) in [6, 6.07) is 0. The Balaban J connectivity index is 0. The van der Waals surface area contributed by atoms with Gasteiger partial charge in [0.15, 0.2) is 0 Å². The van der Waals surface area contributed by atoms with E-state index in [9.17, 15) is 0 Å². The molecule has 0 aromatic rings. The smallest absolute Gasteiger partial charge is 0 e. The fourth-order valence-corrected chi connectivity index (χ4v) is 0. The quantitative estimate of drug-likeness (QED) is 0.413. The van der Waals surface area contributed by atoms with Crippen LogP contribution in [0.5, 0.6) is 0 Å². The van der Waals surface area contributed by atoms with Crippen LogP contribution in [0.1, 0.15) is 0 Å². The van der Waals surface area contributed by atoms with Crippen LogP contribution in [0.4, 0.5) is 0 Å². The molecular weight excluding hydrogens is 280 g/mol. The second-order valence-electron chi connectivity index (χ2n) is 0. The van der Waals surface area contributed by atoms with Crippen LogP contribution in [-0.4, -0.2) is 32.9 Å². The van der Waals surface area contributed by atoms with Crippen molar-refractivity contribution in [3.05, 3.63) is 0 Å². The van der Waals surface area contributed by atoms with Crippen molar-refractivity contribution < 1.29 is 53.9 Å². The standard InChI is InChI=1S/6H2O.W/h6*1H2;. The van der Waals surface area contributed by atoms with Crippen LogP contribution in [0.15, 0.2) is 0 Å². The Bertz CT molecular complexity index is 4.14. The van der Waals surface area contributed by atoms with Crippen molar-refractivity contribution in [2.24, 2.45) is 0 Å². The molecule has 0 amide bonds. The molecule has 0 atom stereocenters. The molecule has 6 nitrogen and oxygen atoms in total. The molecule has 0 saturated carbocycles. The number of rotatable bonds is 0. The van der Waals surface area contributed by atoms with E-state index in [0.717, 1.165) is 0 Å². The van der Waals surface area contributed by atoms with Gasteiger partial charge < -0.3 is 32.9 Å². The molecule has 0 radical (unpaired) electrons. The Labute approximate surface area is 54.6 Å². The average molecular weight is 292 g/mol. The van der Waals surface area contributed by atoms with Crippen molar-refractivity contribution in [2.75, 3.05) is 0 Å². The van der Waals surface area contributed by atoms with Gasteiger partial charge in [-0.1, -0.05) is 0 Å². The van der Waals surface area contributed by atoms with Crippen LogP contribution >= 0.6 is 0 Å². The summed E-state index contributed by atoms with van der Waals surface area (Å²) in [7, 11) is 0. The van der Waals surface area contributed by atoms with Gasteiger partial charge in [0.2, 0.25) is 0 Å². The van der Waals surface area contributed by atoms with E-state index in [2.05, 4.69) is 0 Å². The van der Waals surface area contributed by atoms with Crippen LogP contribution in [0, 0.1) is 0 Å². The van der Waals surface area contributed by atoms with Gasteiger partial charge in [-0.05, 0) is 0 Å². The fourth-order valence-electron chi connectivity index (χ4n) is 0. The van der Waals surface area contributed by atoms with Gasteiger partial charge in [-0.15, -0.1) is 0 Å². The van der Waals surface area contributed by atoms with E-state index in [0.29, 0.717) is 0 Å². The van der Waals surface area contributed by atoms with E-state index in [1.54, 1.807) is 0 Å². The van der Waals surface area contributed by atoms with Crippen molar-refractivity contribution in [3.8, 4) is 0 Å². The first-order valence-corrected chi connectivity index (χ1v) is 0. The molecular formula is H12O6W. The second kappa shape index (κ2) is 952. The Kier molecular flexibility index (Phi) is 210000. The minimum Gasteiger partial charge on any atom is -0.412 e. The summed E-state index contributed by atoms with van der Waals surface area (Å²) in [5.41, 5.74) is 0. The molecule has 0 bridgehead atoms. The van der Waals surface area contributed by atoms with Gasteiger partial charge in [0.25, 0.3) is 0 Å². The monoisotopic (exact) mass is 292 g/mol. The van der Waals surface area contributed by atoms with Gasteiger partial charge in [0.1, 0.15) is 0 Å². The predicted molar refractivity (Wildman–Crippen MR) is 21.7 cm³/mol. The summed E-state index contributed by atoms with van der Waals surface area (Å²) in [4.78, 5) is 0. The van der Waals surface area contributed by atoms with Gasteiger partial charge in [-0.3, -0.25) is 0 Å². The van der Waals surface area contributed by atoms with Crippen LogP contribution in [0.2, 0.25) is 0 Å². The van der Waals surface area contributed by atoms with Crippen molar-refractivity contribution in [3.63, 3.8) is 0 Å². The topological polar surface area (TPSA) is 189 Å². The summed E-state index contributed by atoms with van der Waals surface area (Å²) in [5.74, 6) is 0. The molecule has 0 rings (SSSR count). The third-order valence-electron chi connectivity index (χ3n) is 0. The second-order valence-corrected chi connectivity index (χ2v) is 0. The van der Waals surface area contributed by atoms with Crippen molar-refractivity contribution in [1.29, 1.82) is 0 Å². The van der Waals surface area contributed by atoms with E-state index in [-0.39, 0.29) is 53.9 Å². The van der Waals surface area contributed by atoms with E-state index >= 15 is 0 Å². The van der Waals surface area contributed by atoms with E-state index in [4.69, 9.17) is 0 Å². The first-order valence-electron chi connectivity index (χ1n) is 0. The maximum atomic E-state index is 0. The molecule has 7 heteroatoms. The maximum absolute atomic E-state index is 0. The summed E-state index contributed by atoms with van der Waals surface area (Å²) < 4.78 is 0. The van der Waals surface area contributed by atoms with E-state index < -0.39 is 0 Å². The summed E-state index contributed by atoms with van der Waals surface area (Å²) >= 11 is 0. The van der Waals surface area contributed by atoms with Crippen molar-refractivity contribution in [1.82, 2.24) is 0 Å². The predicted octanol–water partition coefficient (Wildman–Crippen LogP) is -4.95.